The molecule has 1 aliphatic carbocycles. The largest absolute Gasteiger partial charge is 0.461 e. The van der Waals surface area contributed by atoms with Crippen LogP contribution in [-0.2, 0) is 23.9 Å². The van der Waals surface area contributed by atoms with Crippen molar-refractivity contribution in [3.8, 4) is 0 Å². The van der Waals surface area contributed by atoms with Crippen molar-refractivity contribution in [1.82, 2.24) is 0 Å². The van der Waals surface area contributed by atoms with Crippen LogP contribution < -0.4 is 0 Å². The maximum atomic E-state index is 12.8. The standard InChI is InChI=1S/C29H42O7/c1-19(2)9-7-10-20(3)11-8-12-21(4)13-14-29-24(31)15-23(26(33)27(29)36-29)18-35-25(32)17-28(6,34)16-22(5)30/h9,11,13,15,26-27,33-34H,7-8,10,12,14,16-18H2,1-6H3/b20-11+,21-13+/t26-,27-,28-,29+/m1/s1. The van der Waals surface area contributed by atoms with Gasteiger partial charge in [0, 0.05) is 18.4 Å². The molecule has 0 radical (unpaired) electrons. The van der Waals surface area contributed by atoms with Crippen molar-refractivity contribution >= 4 is 17.5 Å². The highest BCUT2D eigenvalue weighted by atomic mass is 16.6. The number of aliphatic hydroxyl groups excluding tert-OH is 1. The number of carbonyl (C=O) groups excluding carboxylic acids is 3. The van der Waals surface area contributed by atoms with Crippen molar-refractivity contribution in [2.45, 2.75) is 110 Å². The van der Waals surface area contributed by atoms with Crippen molar-refractivity contribution in [2.75, 3.05) is 6.61 Å². The van der Waals surface area contributed by atoms with E-state index in [0.29, 0.717) is 6.42 Å². The van der Waals surface area contributed by atoms with Crippen LogP contribution in [0.1, 0.15) is 86.5 Å². The van der Waals surface area contributed by atoms with Crippen LogP contribution in [0, 0.1) is 0 Å². The molecule has 0 unspecified atom stereocenters. The van der Waals surface area contributed by atoms with E-state index in [1.54, 1.807) is 0 Å². The molecule has 2 aliphatic rings. The van der Waals surface area contributed by atoms with Crippen LogP contribution in [0.3, 0.4) is 0 Å². The first-order valence-corrected chi connectivity index (χ1v) is 12.7. The van der Waals surface area contributed by atoms with E-state index in [0.717, 1.165) is 31.3 Å². The van der Waals surface area contributed by atoms with Crippen LogP contribution >= 0.6 is 0 Å². The molecule has 1 aliphatic heterocycles. The van der Waals surface area contributed by atoms with E-state index in [9.17, 15) is 24.6 Å². The van der Waals surface area contributed by atoms with Gasteiger partial charge >= 0.3 is 5.97 Å². The molecule has 0 amide bonds. The minimum Gasteiger partial charge on any atom is -0.461 e. The molecule has 0 spiro atoms. The molecule has 0 aromatic heterocycles. The van der Waals surface area contributed by atoms with Gasteiger partial charge in [0.15, 0.2) is 11.4 Å². The highest BCUT2D eigenvalue weighted by Crippen LogP contribution is 2.48. The lowest BCUT2D eigenvalue weighted by Crippen LogP contribution is -2.38. The molecule has 0 saturated carbocycles. The van der Waals surface area contributed by atoms with Crippen LogP contribution in [-0.4, -0.2) is 57.8 Å². The number of ketones is 2. The normalized spacial score (nSPS) is 25.4. The van der Waals surface area contributed by atoms with Crippen LogP contribution in [0.15, 0.2) is 46.6 Å². The van der Waals surface area contributed by atoms with Crippen molar-refractivity contribution in [2.24, 2.45) is 0 Å². The smallest absolute Gasteiger partial charge is 0.309 e. The first-order valence-electron chi connectivity index (χ1n) is 12.7. The van der Waals surface area contributed by atoms with Crippen molar-refractivity contribution in [1.29, 1.82) is 0 Å². The van der Waals surface area contributed by atoms with Gasteiger partial charge in [0.05, 0.1) is 12.0 Å². The second-order valence-corrected chi connectivity index (χ2v) is 10.8. The second-order valence-electron chi connectivity index (χ2n) is 10.8. The van der Waals surface area contributed by atoms with Gasteiger partial charge in [0.2, 0.25) is 0 Å². The van der Waals surface area contributed by atoms with Gasteiger partial charge in [-0.1, -0.05) is 34.9 Å². The van der Waals surface area contributed by atoms with Gasteiger partial charge in [-0.25, -0.2) is 0 Å². The Kier molecular flexibility index (Phi) is 10.6. The van der Waals surface area contributed by atoms with Crippen LogP contribution in [0.25, 0.3) is 0 Å². The molecule has 2 N–H and O–H groups in total. The maximum Gasteiger partial charge on any atom is 0.309 e. The monoisotopic (exact) mass is 502 g/mol. The summed E-state index contributed by atoms with van der Waals surface area (Å²) in [7, 11) is 0. The minimum atomic E-state index is -1.50. The Labute approximate surface area is 214 Å². The van der Waals surface area contributed by atoms with Gasteiger partial charge in [-0.2, -0.15) is 0 Å². The van der Waals surface area contributed by atoms with Crippen molar-refractivity contribution in [3.63, 3.8) is 0 Å². The van der Waals surface area contributed by atoms with E-state index in [1.165, 1.54) is 31.1 Å². The van der Waals surface area contributed by atoms with Gasteiger partial charge in [-0.15, -0.1) is 0 Å². The Bertz CT molecular complexity index is 962. The number of aliphatic hydroxyl groups is 2. The zero-order chi connectivity index (χ0) is 27.1. The second kappa shape index (κ2) is 12.7. The van der Waals surface area contributed by atoms with Gasteiger partial charge in [0.25, 0.3) is 0 Å². The van der Waals surface area contributed by atoms with Crippen molar-refractivity contribution in [3.05, 3.63) is 46.6 Å². The van der Waals surface area contributed by atoms with Gasteiger partial charge in [0.1, 0.15) is 24.6 Å². The molecule has 7 nitrogen and oxygen atoms in total. The third kappa shape index (κ3) is 8.95. The topological polar surface area (TPSA) is 113 Å². The number of allylic oxidation sites excluding steroid dienone is 5. The average Bonchev–Trinajstić information content (AvgIpc) is 3.49. The van der Waals surface area contributed by atoms with Gasteiger partial charge in [-0.3, -0.25) is 14.4 Å². The van der Waals surface area contributed by atoms with E-state index in [2.05, 4.69) is 32.9 Å². The fourth-order valence-corrected chi connectivity index (χ4v) is 4.46. The summed E-state index contributed by atoms with van der Waals surface area (Å²) in [5, 5.41) is 20.8. The van der Waals surface area contributed by atoms with Crippen LogP contribution in [0.4, 0.5) is 0 Å². The molecular weight excluding hydrogens is 460 g/mol. The quantitative estimate of drug-likeness (QED) is 0.205. The number of Topliss-reactive ketones (excluding diaryl/α,β-unsaturated/α-hetero) is 1. The Balaban J connectivity index is 1.85. The first kappa shape index (κ1) is 29.9. The summed E-state index contributed by atoms with van der Waals surface area (Å²) in [4.78, 5) is 36.1. The Morgan fingerprint density at radius 3 is 2.28 bits per heavy atom. The zero-order valence-corrected chi connectivity index (χ0v) is 22.6. The first-order chi connectivity index (χ1) is 16.8. The lowest BCUT2D eigenvalue weighted by Gasteiger charge is -2.23. The lowest BCUT2D eigenvalue weighted by atomic mass is 9.84. The molecule has 1 fully saturated rings. The van der Waals surface area contributed by atoms with Gasteiger partial charge in [-0.05, 0) is 73.3 Å². The molecule has 200 valence electrons. The van der Waals surface area contributed by atoms with Crippen LogP contribution in [0.5, 0.6) is 0 Å². The molecule has 0 aromatic rings. The number of ether oxygens (including phenoxy) is 2. The minimum absolute atomic E-state index is 0.163. The molecule has 0 aromatic carbocycles. The van der Waals surface area contributed by atoms with E-state index in [-0.39, 0.29) is 36.6 Å². The number of epoxide rings is 1. The highest BCUT2D eigenvalue weighted by Gasteiger charge is 2.66. The summed E-state index contributed by atoms with van der Waals surface area (Å²) in [5.41, 5.74) is 1.59. The van der Waals surface area contributed by atoms with Crippen molar-refractivity contribution < 1.29 is 34.1 Å². The molecule has 2 rings (SSSR count). The van der Waals surface area contributed by atoms with E-state index < -0.39 is 29.4 Å². The summed E-state index contributed by atoms with van der Waals surface area (Å²) in [5.74, 6) is -1.20. The summed E-state index contributed by atoms with van der Waals surface area (Å²) in [6.07, 6.45) is 9.91. The summed E-state index contributed by atoms with van der Waals surface area (Å²) in [6.45, 7) is 10.8. The molecule has 36 heavy (non-hydrogen) atoms. The third-order valence-electron chi connectivity index (χ3n) is 6.57. The summed E-state index contributed by atoms with van der Waals surface area (Å²) in [6, 6.07) is 0. The van der Waals surface area contributed by atoms with Gasteiger partial charge < -0.3 is 19.7 Å². The SMILES string of the molecule is CC(=O)C[C@@](C)(O)CC(=O)OCC1=CC(=O)[C@]2(C/C=C(\C)CC/C=C(\C)CCC=C(C)C)O[C@@H]2[C@@H]1O. The maximum absolute atomic E-state index is 12.8. The lowest BCUT2D eigenvalue weighted by molar-refractivity contribution is -0.148. The number of hydrogen-bond donors (Lipinski definition) is 2. The molecule has 7 heteroatoms. The molecule has 4 atom stereocenters. The predicted octanol–water partition coefficient (Wildman–Crippen LogP) is 4.47. The van der Waals surface area contributed by atoms with E-state index >= 15 is 0 Å². The summed E-state index contributed by atoms with van der Waals surface area (Å²) >= 11 is 0. The molecule has 1 heterocycles. The fraction of sp³-hybridized carbons (Fsp3) is 0.621. The number of rotatable bonds is 14. The number of esters is 1. The number of hydrogen-bond acceptors (Lipinski definition) is 7. The Hall–Kier alpha value is -2.35. The number of fused-ring (bicyclic) bond motifs is 1. The Morgan fingerprint density at radius 1 is 1.06 bits per heavy atom. The fourth-order valence-electron chi connectivity index (χ4n) is 4.46. The Morgan fingerprint density at radius 2 is 1.67 bits per heavy atom. The molecular formula is C29H42O7. The summed E-state index contributed by atoms with van der Waals surface area (Å²) < 4.78 is 10.8. The highest BCUT2D eigenvalue weighted by molar-refractivity contribution is 6.02. The zero-order valence-electron chi connectivity index (χ0n) is 22.6. The van der Waals surface area contributed by atoms with E-state index in [1.807, 2.05) is 13.0 Å². The van der Waals surface area contributed by atoms with E-state index in [4.69, 9.17) is 9.47 Å². The average molecular weight is 503 g/mol. The third-order valence-corrected chi connectivity index (χ3v) is 6.57. The predicted molar refractivity (Wildman–Crippen MR) is 138 cm³/mol. The molecule has 0 bridgehead atoms. The van der Waals surface area contributed by atoms with Crippen LogP contribution in [0.2, 0.25) is 0 Å². The number of carbonyl (C=O) groups is 3. The molecule has 1 saturated heterocycles.